The number of pyridine rings is 1. The highest BCUT2D eigenvalue weighted by Gasteiger charge is 2.21. The van der Waals surface area contributed by atoms with Crippen LogP contribution in [0.4, 0.5) is 0 Å². The molecular formula is C13H17NO5. The number of rotatable bonds is 3. The van der Waals surface area contributed by atoms with Crippen LogP contribution in [-0.4, -0.2) is 36.7 Å². The van der Waals surface area contributed by atoms with Crippen LogP contribution in [0.5, 0.6) is 5.88 Å². The Morgan fingerprint density at radius 2 is 1.74 bits per heavy atom. The summed E-state index contributed by atoms with van der Waals surface area (Å²) in [5, 5.41) is 0. The van der Waals surface area contributed by atoms with Gasteiger partial charge in [-0.05, 0) is 26.8 Å². The summed E-state index contributed by atoms with van der Waals surface area (Å²) >= 11 is 0. The summed E-state index contributed by atoms with van der Waals surface area (Å²) in [6.07, 6.45) is 0. The van der Waals surface area contributed by atoms with Gasteiger partial charge in [0.25, 0.3) is 0 Å². The molecule has 0 amide bonds. The summed E-state index contributed by atoms with van der Waals surface area (Å²) in [4.78, 5) is 27.3. The predicted octanol–water partition coefficient (Wildman–Crippen LogP) is 1.83. The molecule has 0 aliphatic heterocycles. The van der Waals surface area contributed by atoms with E-state index in [0.29, 0.717) is 0 Å². The number of hydrogen-bond acceptors (Lipinski definition) is 6. The van der Waals surface area contributed by atoms with Gasteiger partial charge in [0.2, 0.25) is 5.88 Å². The van der Waals surface area contributed by atoms with Gasteiger partial charge in [-0.15, -0.1) is 0 Å². The molecule has 0 radical (unpaired) electrons. The Kier molecular flexibility index (Phi) is 4.47. The van der Waals surface area contributed by atoms with E-state index >= 15 is 0 Å². The van der Waals surface area contributed by atoms with Gasteiger partial charge in [0, 0.05) is 6.07 Å². The van der Waals surface area contributed by atoms with Crippen LogP contribution in [0.2, 0.25) is 0 Å². The largest absolute Gasteiger partial charge is 0.481 e. The monoisotopic (exact) mass is 267 g/mol. The molecule has 1 aromatic heterocycles. The lowest BCUT2D eigenvalue weighted by Gasteiger charge is -2.19. The van der Waals surface area contributed by atoms with E-state index in [1.165, 1.54) is 26.4 Å². The van der Waals surface area contributed by atoms with E-state index in [0.717, 1.165) is 0 Å². The molecule has 0 fully saturated rings. The molecule has 19 heavy (non-hydrogen) atoms. The Bertz CT molecular complexity index is 490. The van der Waals surface area contributed by atoms with Crippen LogP contribution in [0.3, 0.4) is 0 Å². The first-order valence-corrected chi connectivity index (χ1v) is 5.64. The molecule has 1 aromatic rings. The normalized spacial score (nSPS) is 10.8. The van der Waals surface area contributed by atoms with Crippen molar-refractivity contribution in [3.05, 3.63) is 23.4 Å². The molecule has 0 aliphatic carbocycles. The number of nitrogens with zero attached hydrogens (tertiary/aromatic N) is 1. The molecule has 0 atom stereocenters. The van der Waals surface area contributed by atoms with Crippen LogP contribution < -0.4 is 4.74 Å². The van der Waals surface area contributed by atoms with Gasteiger partial charge in [-0.25, -0.2) is 14.6 Å². The van der Waals surface area contributed by atoms with Gasteiger partial charge in [0.1, 0.15) is 5.60 Å². The van der Waals surface area contributed by atoms with Gasteiger partial charge in [0.05, 0.1) is 19.8 Å². The van der Waals surface area contributed by atoms with E-state index in [4.69, 9.17) is 9.47 Å². The Hall–Kier alpha value is -2.11. The van der Waals surface area contributed by atoms with Crippen LogP contribution in [0.1, 0.15) is 41.6 Å². The number of esters is 2. The highest BCUT2D eigenvalue weighted by atomic mass is 16.6. The number of carbonyl (C=O) groups is 2. The van der Waals surface area contributed by atoms with Crippen LogP contribution in [0, 0.1) is 0 Å². The maximum Gasteiger partial charge on any atom is 0.356 e. The zero-order valence-electron chi connectivity index (χ0n) is 11.6. The molecule has 6 heteroatoms. The van der Waals surface area contributed by atoms with Crippen molar-refractivity contribution in [2.75, 3.05) is 14.2 Å². The second kappa shape index (κ2) is 5.69. The third-order valence-corrected chi connectivity index (χ3v) is 2.04. The molecule has 0 saturated carbocycles. The molecule has 0 N–H and O–H groups in total. The second-order valence-corrected chi connectivity index (χ2v) is 4.78. The highest BCUT2D eigenvalue weighted by molar-refractivity contribution is 5.94. The Labute approximate surface area is 111 Å². The standard InChI is InChI=1S/C13H17NO5/c1-13(2,3)19-11(15)8-6-9(12(16)18-5)14-10(7-8)17-4/h6-7H,1-5H3. The molecule has 104 valence electrons. The van der Waals surface area contributed by atoms with Crippen molar-refractivity contribution >= 4 is 11.9 Å². The van der Waals surface area contributed by atoms with Crippen molar-refractivity contribution < 1.29 is 23.8 Å². The quantitative estimate of drug-likeness (QED) is 0.778. The average molecular weight is 267 g/mol. The second-order valence-electron chi connectivity index (χ2n) is 4.78. The van der Waals surface area contributed by atoms with E-state index in [-0.39, 0.29) is 17.1 Å². The van der Waals surface area contributed by atoms with Gasteiger partial charge < -0.3 is 14.2 Å². The van der Waals surface area contributed by atoms with Crippen molar-refractivity contribution in [2.24, 2.45) is 0 Å². The topological polar surface area (TPSA) is 74.7 Å². The number of ether oxygens (including phenoxy) is 3. The minimum atomic E-state index is -0.649. The van der Waals surface area contributed by atoms with E-state index in [1.807, 2.05) is 0 Å². The van der Waals surface area contributed by atoms with Gasteiger partial charge in [-0.2, -0.15) is 0 Å². The van der Waals surface area contributed by atoms with Crippen LogP contribution in [0.25, 0.3) is 0 Å². The van der Waals surface area contributed by atoms with Crippen LogP contribution in [0.15, 0.2) is 12.1 Å². The molecule has 0 saturated heterocycles. The first-order valence-electron chi connectivity index (χ1n) is 5.64. The van der Waals surface area contributed by atoms with Crippen molar-refractivity contribution in [1.29, 1.82) is 0 Å². The molecule has 0 bridgehead atoms. The van der Waals surface area contributed by atoms with E-state index in [2.05, 4.69) is 9.72 Å². The third-order valence-electron chi connectivity index (χ3n) is 2.04. The molecule has 6 nitrogen and oxygen atoms in total. The van der Waals surface area contributed by atoms with Crippen LogP contribution >= 0.6 is 0 Å². The first-order chi connectivity index (χ1) is 8.76. The van der Waals surface area contributed by atoms with E-state index in [9.17, 15) is 9.59 Å². The maximum atomic E-state index is 11.9. The molecule has 0 aliphatic rings. The minimum Gasteiger partial charge on any atom is -0.481 e. The minimum absolute atomic E-state index is 0.0114. The maximum absolute atomic E-state index is 11.9. The Morgan fingerprint density at radius 3 is 2.21 bits per heavy atom. The van der Waals surface area contributed by atoms with Gasteiger partial charge in [0.15, 0.2) is 5.69 Å². The van der Waals surface area contributed by atoms with Gasteiger partial charge in [-0.1, -0.05) is 0 Å². The molecule has 0 unspecified atom stereocenters. The fraction of sp³-hybridized carbons (Fsp3) is 0.462. The lowest BCUT2D eigenvalue weighted by molar-refractivity contribution is 0.00689. The summed E-state index contributed by atoms with van der Waals surface area (Å²) in [5.41, 5.74) is -0.455. The zero-order valence-corrected chi connectivity index (χ0v) is 11.6. The summed E-state index contributed by atoms with van der Waals surface area (Å²) < 4.78 is 14.7. The molecule has 1 rings (SSSR count). The fourth-order valence-corrected chi connectivity index (χ4v) is 1.27. The molecule has 1 heterocycles. The summed E-state index contributed by atoms with van der Waals surface area (Å²) in [6.45, 7) is 5.26. The first kappa shape index (κ1) is 14.9. The lowest BCUT2D eigenvalue weighted by Crippen LogP contribution is -2.24. The van der Waals surface area contributed by atoms with Crippen molar-refractivity contribution in [3.8, 4) is 5.88 Å². The van der Waals surface area contributed by atoms with Gasteiger partial charge in [-0.3, -0.25) is 0 Å². The lowest BCUT2D eigenvalue weighted by atomic mass is 10.1. The van der Waals surface area contributed by atoms with Gasteiger partial charge >= 0.3 is 11.9 Å². The summed E-state index contributed by atoms with van der Waals surface area (Å²) in [7, 11) is 2.62. The summed E-state index contributed by atoms with van der Waals surface area (Å²) in [5.74, 6) is -1.06. The van der Waals surface area contributed by atoms with E-state index < -0.39 is 17.5 Å². The fourth-order valence-electron chi connectivity index (χ4n) is 1.27. The molecular weight excluding hydrogens is 250 g/mol. The Balaban J connectivity index is 3.13. The van der Waals surface area contributed by atoms with E-state index in [1.54, 1.807) is 20.8 Å². The number of hydrogen-bond donors (Lipinski definition) is 0. The molecule has 0 spiro atoms. The SMILES string of the molecule is COC(=O)c1cc(C(=O)OC(C)(C)C)cc(OC)n1. The number of aromatic nitrogens is 1. The third kappa shape index (κ3) is 4.24. The molecule has 0 aromatic carbocycles. The number of methoxy groups -OCH3 is 2. The zero-order chi connectivity index (χ0) is 14.6. The average Bonchev–Trinajstić information content (AvgIpc) is 2.35. The van der Waals surface area contributed by atoms with Crippen molar-refractivity contribution in [3.63, 3.8) is 0 Å². The predicted molar refractivity (Wildman–Crippen MR) is 67.3 cm³/mol. The smallest absolute Gasteiger partial charge is 0.356 e. The van der Waals surface area contributed by atoms with Crippen molar-refractivity contribution in [1.82, 2.24) is 4.98 Å². The van der Waals surface area contributed by atoms with Crippen molar-refractivity contribution in [2.45, 2.75) is 26.4 Å². The summed E-state index contributed by atoms with van der Waals surface area (Å²) in [6, 6.07) is 2.71. The van der Waals surface area contributed by atoms with Crippen LogP contribution in [-0.2, 0) is 9.47 Å². The highest BCUT2D eigenvalue weighted by Crippen LogP contribution is 2.17. The Morgan fingerprint density at radius 1 is 1.11 bits per heavy atom. The number of carbonyl (C=O) groups excluding carboxylic acids is 2.